The van der Waals surface area contributed by atoms with E-state index in [2.05, 4.69) is 4.98 Å². The van der Waals surface area contributed by atoms with Crippen molar-refractivity contribution in [3.63, 3.8) is 0 Å². The number of rotatable bonds is 3. The van der Waals surface area contributed by atoms with E-state index in [-0.39, 0.29) is 12.0 Å². The van der Waals surface area contributed by atoms with E-state index in [9.17, 15) is 9.90 Å². The highest BCUT2D eigenvalue weighted by molar-refractivity contribution is 7.23. The van der Waals surface area contributed by atoms with Crippen molar-refractivity contribution in [2.24, 2.45) is 0 Å². The minimum Gasteiger partial charge on any atom is -0.393 e. The zero-order valence-corrected chi connectivity index (χ0v) is 13.7. The third kappa shape index (κ3) is 3.63. The van der Waals surface area contributed by atoms with Crippen LogP contribution >= 0.6 is 34.3 Å². The van der Waals surface area contributed by atoms with E-state index >= 15 is 0 Å². The Morgan fingerprint density at radius 1 is 1.43 bits per heavy atom. The quantitative estimate of drug-likeness (QED) is 0.932. The number of piperidine rings is 1. The Bertz CT molecular complexity index is 632. The number of carbonyl (C=O) groups excluding carboxylic acids is 1. The number of nitrogens with zero attached hydrogens (tertiary/aromatic N) is 2. The number of aliphatic hydroxyl groups excluding tert-OH is 1. The fraction of sp³-hybridized carbons (Fsp3) is 0.429. The molecule has 7 heteroatoms. The van der Waals surface area contributed by atoms with Crippen molar-refractivity contribution in [1.82, 2.24) is 9.88 Å². The number of hydrogen-bond acceptors (Lipinski definition) is 5. The van der Waals surface area contributed by atoms with E-state index in [1.54, 1.807) is 0 Å². The van der Waals surface area contributed by atoms with Crippen molar-refractivity contribution in [2.45, 2.75) is 25.4 Å². The largest absolute Gasteiger partial charge is 0.393 e. The van der Waals surface area contributed by atoms with Crippen LogP contribution in [0.1, 0.15) is 18.5 Å². The fourth-order valence-corrected chi connectivity index (χ4v) is 4.25. The van der Waals surface area contributed by atoms with Crippen molar-refractivity contribution in [1.29, 1.82) is 0 Å². The van der Waals surface area contributed by atoms with Crippen LogP contribution in [0.3, 0.4) is 0 Å². The number of aromatic nitrogens is 1. The van der Waals surface area contributed by atoms with Crippen molar-refractivity contribution in [3.8, 4) is 9.88 Å². The second-order valence-electron chi connectivity index (χ2n) is 5.04. The number of carbonyl (C=O) groups is 1. The molecule has 1 saturated heterocycles. The lowest BCUT2D eigenvalue weighted by Crippen LogP contribution is -2.40. The van der Waals surface area contributed by atoms with E-state index in [4.69, 9.17) is 11.6 Å². The summed E-state index contributed by atoms with van der Waals surface area (Å²) in [5.74, 6) is 0.0861. The van der Waals surface area contributed by atoms with Gasteiger partial charge in [-0.25, -0.2) is 4.98 Å². The minimum absolute atomic E-state index is 0.0861. The Labute approximate surface area is 136 Å². The van der Waals surface area contributed by atoms with Gasteiger partial charge in [0.2, 0.25) is 5.91 Å². The number of halogens is 1. The van der Waals surface area contributed by atoms with E-state index in [0.29, 0.717) is 32.4 Å². The summed E-state index contributed by atoms with van der Waals surface area (Å²) in [6.07, 6.45) is 1.40. The molecular weight excluding hydrogens is 328 g/mol. The van der Waals surface area contributed by atoms with Crippen LogP contribution in [0.15, 0.2) is 17.5 Å². The molecule has 1 N–H and O–H groups in total. The lowest BCUT2D eigenvalue weighted by molar-refractivity contribution is -0.132. The number of thiophene rings is 1. The monoisotopic (exact) mass is 342 g/mol. The van der Waals surface area contributed by atoms with Gasteiger partial charge in [-0.1, -0.05) is 11.6 Å². The van der Waals surface area contributed by atoms with Crippen LogP contribution in [-0.2, 0) is 11.2 Å². The average Bonchev–Trinajstić information content (AvgIpc) is 3.08. The molecule has 0 saturated carbocycles. The highest BCUT2D eigenvalue weighted by atomic mass is 35.5. The predicted molar refractivity (Wildman–Crippen MR) is 86.0 cm³/mol. The first kappa shape index (κ1) is 15.0. The first-order chi connectivity index (χ1) is 10.1. The van der Waals surface area contributed by atoms with Gasteiger partial charge >= 0.3 is 0 Å². The molecule has 0 aliphatic carbocycles. The summed E-state index contributed by atoms with van der Waals surface area (Å²) >= 11 is 8.96. The summed E-state index contributed by atoms with van der Waals surface area (Å²) in [4.78, 5) is 19.6. The van der Waals surface area contributed by atoms with Crippen LogP contribution in [0.2, 0.25) is 4.34 Å². The van der Waals surface area contributed by atoms with Gasteiger partial charge in [-0.15, -0.1) is 22.7 Å². The SMILES string of the molecule is O=C(Cc1csc(-c2ccc(Cl)s2)n1)N1CCC(O)CC1. The summed E-state index contributed by atoms with van der Waals surface area (Å²) in [6, 6.07) is 3.80. The summed E-state index contributed by atoms with van der Waals surface area (Å²) in [5, 5.41) is 12.3. The first-order valence-corrected chi connectivity index (χ1v) is 8.85. The molecule has 2 aromatic rings. The minimum atomic E-state index is -0.261. The normalized spacial score (nSPS) is 16.4. The van der Waals surface area contributed by atoms with Crippen LogP contribution < -0.4 is 0 Å². The number of hydrogen-bond donors (Lipinski definition) is 1. The highest BCUT2D eigenvalue weighted by Gasteiger charge is 2.22. The topological polar surface area (TPSA) is 53.4 Å². The lowest BCUT2D eigenvalue weighted by Gasteiger charge is -2.29. The lowest BCUT2D eigenvalue weighted by atomic mass is 10.1. The molecule has 1 amide bonds. The molecule has 0 bridgehead atoms. The molecule has 21 heavy (non-hydrogen) atoms. The summed E-state index contributed by atoms with van der Waals surface area (Å²) < 4.78 is 0.740. The second-order valence-corrected chi connectivity index (χ2v) is 7.61. The molecule has 1 fully saturated rings. The molecule has 112 valence electrons. The van der Waals surface area contributed by atoms with Crippen LogP contribution in [0.5, 0.6) is 0 Å². The summed E-state index contributed by atoms with van der Waals surface area (Å²) in [6.45, 7) is 1.27. The third-order valence-electron chi connectivity index (χ3n) is 3.49. The standard InChI is InChI=1S/C14H15ClN2O2S2/c15-12-2-1-11(21-12)14-16-9(8-20-14)7-13(19)17-5-3-10(18)4-6-17/h1-2,8,10,18H,3-7H2. The van der Waals surface area contributed by atoms with Gasteiger partial charge in [0.15, 0.2) is 0 Å². The smallest absolute Gasteiger partial charge is 0.228 e. The molecule has 4 nitrogen and oxygen atoms in total. The zero-order chi connectivity index (χ0) is 14.8. The van der Waals surface area contributed by atoms with E-state index in [1.807, 2.05) is 22.4 Å². The maximum atomic E-state index is 12.2. The van der Waals surface area contributed by atoms with Crippen molar-refractivity contribution in [2.75, 3.05) is 13.1 Å². The van der Waals surface area contributed by atoms with Crippen LogP contribution in [0, 0.1) is 0 Å². The second kappa shape index (κ2) is 6.44. The van der Waals surface area contributed by atoms with Crippen LogP contribution in [0.25, 0.3) is 9.88 Å². The number of likely N-dealkylation sites (tertiary alicyclic amines) is 1. The zero-order valence-electron chi connectivity index (χ0n) is 11.3. The predicted octanol–water partition coefficient (Wildman–Crippen LogP) is 3.05. The molecule has 0 aromatic carbocycles. The van der Waals surface area contributed by atoms with Gasteiger partial charge in [-0.2, -0.15) is 0 Å². The molecule has 3 rings (SSSR count). The molecule has 0 unspecified atom stereocenters. The molecule has 0 atom stereocenters. The van der Waals surface area contributed by atoms with E-state index in [0.717, 1.165) is 19.9 Å². The molecule has 0 radical (unpaired) electrons. The Balaban J connectivity index is 1.63. The molecule has 1 aliphatic heterocycles. The Morgan fingerprint density at radius 2 is 2.19 bits per heavy atom. The van der Waals surface area contributed by atoms with Gasteiger partial charge in [-0.3, -0.25) is 4.79 Å². The number of aliphatic hydroxyl groups is 1. The molecule has 0 spiro atoms. The van der Waals surface area contributed by atoms with E-state index < -0.39 is 0 Å². The Hall–Kier alpha value is -0.950. The maximum Gasteiger partial charge on any atom is 0.228 e. The summed E-state index contributed by atoms with van der Waals surface area (Å²) in [5.41, 5.74) is 0.802. The third-order valence-corrected chi connectivity index (χ3v) is 5.78. The molecular formula is C14H15ClN2O2S2. The fourth-order valence-electron chi connectivity index (χ4n) is 2.31. The summed E-state index contributed by atoms with van der Waals surface area (Å²) in [7, 11) is 0. The van der Waals surface area contributed by atoms with Gasteiger partial charge in [0.05, 0.1) is 27.4 Å². The van der Waals surface area contributed by atoms with Crippen LogP contribution in [0.4, 0.5) is 0 Å². The Kier molecular flexibility index (Phi) is 4.59. The highest BCUT2D eigenvalue weighted by Crippen LogP contribution is 2.33. The number of thiazole rings is 1. The van der Waals surface area contributed by atoms with Gasteiger partial charge < -0.3 is 10.0 Å². The van der Waals surface area contributed by atoms with Crippen molar-refractivity contribution >= 4 is 40.2 Å². The Morgan fingerprint density at radius 3 is 2.86 bits per heavy atom. The van der Waals surface area contributed by atoms with Gasteiger partial charge in [-0.05, 0) is 25.0 Å². The molecule has 3 heterocycles. The first-order valence-electron chi connectivity index (χ1n) is 6.78. The maximum absolute atomic E-state index is 12.2. The van der Waals surface area contributed by atoms with Gasteiger partial charge in [0.25, 0.3) is 0 Å². The molecule has 2 aromatic heterocycles. The van der Waals surface area contributed by atoms with E-state index in [1.165, 1.54) is 22.7 Å². The average molecular weight is 343 g/mol. The van der Waals surface area contributed by atoms with Crippen molar-refractivity contribution < 1.29 is 9.90 Å². The number of amides is 1. The van der Waals surface area contributed by atoms with Crippen LogP contribution in [-0.4, -0.2) is 40.1 Å². The van der Waals surface area contributed by atoms with Gasteiger partial charge in [0, 0.05) is 18.5 Å². The van der Waals surface area contributed by atoms with Gasteiger partial charge in [0.1, 0.15) is 5.01 Å². The molecule has 1 aliphatic rings. The van der Waals surface area contributed by atoms with Crippen molar-refractivity contribution in [3.05, 3.63) is 27.5 Å².